The van der Waals surface area contributed by atoms with Crippen molar-refractivity contribution in [2.75, 3.05) is 13.1 Å². The molecule has 2 aliphatic rings. The van der Waals surface area contributed by atoms with Crippen molar-refractivity contribution in [2.24, 2.45) is 5.92 Å². The van der Waals surface area contributed by atoms with Crippen LogP contribution in [0.5, 0.6) is 0 Å². The topological polar surface area (TPSA) is 97.0 Å². The van der Waals surface area contributed by atoms with Crippen molar-refractivity contribution in [1.29, 1.82) is 0 Å². The standard InChI is InChI=1S/C22H24FN5O3/c23-16-6-2-3-7-17(16)28-19(24-25-22(28)30)13-14-9-11-27(12-10-14)21(29)20-15-5-1-4-8-18(15)31-26-20/h2-3,6-7,14H,1,4-5,8-13H2,(H,25,30). The molecule has 3 aromatic rings. The molecule has 9 heteroatoms. The summed E-state index contributed by atoms with van der Waals surface area (Å²) < 4.78 is 20.9. The minimum absolute atomic E-state index is 0.0617. The number of carbonyl (C=O) groups is 1. The van der Waals surface area contributed by atoms with Gasteiger partial charge in [0.1, 0.15) is 17.4 Å². The van der Waals surface area contributed by atoms with Gasteiger partial charge in [0.05, 0.1) is 5.69 Å². The first-order valence-electron chi connectivity index (χ1n) is 10.8. The monoisotopic (exact) mass is 425 g/mol. The molecule has 1 aliphatic carbocycles. The number of amides is 1. The highest BCUT2D eigenvalue weighted by atomic mass is 19.1. The predicted octanol–water partition coefficient (Wildman–Crippen LogP) is 2.66. The van der Waals surface area contributed by atoms with Crippen molar-refractivity contribution in [2.45, 2.75) is 44.9 Å². The van der Waals surface area contributed by atoms with Gasteiger partial charge in [-0.15, -0.1) is 0 Å². The highest BCUT2D eigenvalue weighted by molar-refractivity contribution is 5.94. The number of aromatic amines is 1. The zero-order chi connectivity index (χ0) is 21.4. The number of hydrogen-bond donors (Lipinski definition) is 1. The minimum Gasteiger partial charge on any atom is -0.360 e. The first kappa shape index (κ1) is 19.7. The van der Waals surface area contributed by atoms with Crippen LogP contribution in [0.15, 0.2) is 33.6 Å². The molecule has 3 heterocycles. The van der Waals surface area contributed by atoms with E-state index in [0.717, 1.165) is 49.8 Å². The number of aromatic nitrogens is 4. The molecule has 1 saturated heterocycles. The summed E-state index contributed by atoms with van der Waals surface area (Å²) in [5.74, 6) is 1.08. The van der Waals surface area contributed by atoms with Crippen molar-refractivity contribution in [1.82, 2.24) is 24.8 Å². The molecule has 0 bridgehead atoms. The zero-order valence-electron chi connectivity index (χ0n) is 17.1. The van der Waals surface area contributed by atoms with Crippen molar-refractivity contribution in [3.8, 4) is 5.69 Å². The summed E-state index contributed by atoms with van der Waals surface area (Å²) in [7, 11) is 0. The second-order valence-corrected chi connectivity index (χ2v) is 8.31. The average Bonchev–Trinajstić information content (AvgIpc) is 3.38. The lowest BCUT2D eigenvalue weighted by Gasteiger charge is -2.31. The summed E-state index contributed by atoms with van der Waals surface area (Å²) in [5, 5.41) is 10.6. The number of rotatable bonds is 4. The van der Waals surface area contributed by atoms with E-state index in [9.17, 15) is 14.0 Å². The molecule has 0 radical (unpaired) electrons. The number of fused-ring (bicyclic) bond motifs is 1. The molecule has 0 atom stereocenters. The molecule has 0 spiro atoms. The van der Waals surface area contributed by atoms with Crippen molar-refractivity contribution in [3.63, 3.8) is 0 Å². The van der Waals surface area contributed by atoms with Gasteiger partial charge in [-0.3, -0.25) is 4.79 Å². The Morgan fingerprint density at radius 3 is 2.77 bits per heavy atom. The van der Waals surface area contributed by atoms with Gasteiger partial charge in [0.25, 0.3) is 5.91 Å². The van der Waals surface area contributed by atoms with Crippen LogP contribution in [0, 0.1) is 11.7 Å². The average molecular weight is 425 g/mol. The Morgan fingerprint density at radius 2 is 1.97 bits per heavy atom. The summed E-state index contributed by atoms with van der Waals surface area (Å²) >= 11 is 0. The van der Waals surface area contributed by atoms with Crippen LogP contribution < -0.4 is 5.69 Å². The minimum atomic E-state index is -0.469. The van der Waals surface area contributed by atoms with Gasteiger partial charge < -0.3 is 9.42 Å². The molecular weight excluding hydrogens is 401 g/mol. The number of aryl methyl sites for hydroxylation is 1. The Morgan fingerprint density at radius 1 is 1.19 bits per heavy atom. The fourth-order valence-electron chi connectivity index (χ4n) is 4.65. The van der Waals surface area contributed by atoms with Crippen molar-refractivity contribution < 1.29 is 13.7 Å². The normalized spacial score (nSPS) is 17.0. The molecule has 1 fully saturated rings. The van der Waals surface area contributed by atoms with Crippen molar-refractivity contribution >= 4 is 5.91 Å². The number of para-hydroxylation sites is 1. The van der Waals surface area contributed by atoms with E-state index >= 15 is 0 Å². The Hall–Kier alpha value is -3.23. The Kier molecular flexibility index (Phi) is 5.17. The maximum atomic E-state index is 14.2. The smallest absolute Gasteiger partial charge is 0.348 e. The molecule has 1 aliphatic heterocycles. The third kappa shape index (κ3) is 3.68. The Labute approximate surface area is 178 Å². The van der Waals surface area contributed by atoms with Crippen LogP contribution in [0.1, 0.15) is 53.3 Å². The molecule has 31 heavy (non-hydrogen) atoms. The van der Waals surface area contributed by atoms with Crippen LogP contribution in [0.25, 0.3) is 5.69 Å². The lowest BCUT2D eigenvalue weighted by atomic mass is 9.92. The zero-order valence-corrected chi connectivity index (χ0v) is 17.1. The van der Waals surface area contributed by atoms with Crippen LogP contribution in [0.4, 0.5) is 4.39 Å². The van der Waals surface area contributed by atoms with E-state index in [4.69, 9.17) is 4.52 Å². The number of nitrogens with one attached hydrogen (secondary N) is 1. The third-order valence-electron chi connectivity index (χ3n) is 6.36. The SMILES string of the molecule is O=C(c1noc2c1CCCC2)N1CCC(Cc2n[nH]c(=O)n2-c2ccccc2F)CC1. The van der Waals surface area contributed by atoms with Gasteiger partial charge in [-0.1, -0.05) is 17.3 Å². The molecule has 1 aromatic carbocycles. The summed E-state index contributed by atoms with van der Waals surface area (Å²) in [6.07, 6.45) is 5.94. The Bertz CT molecular complexity index is 1160. The number of nitrogens with zero attached hydrogens (tertiary/aromatic N) is 4. The van der Waals surface area contributed by atoms with Crippen molar-refractivity contribution in [3.05, 3.63) is 63.4 Å². The number of piperidine rings is 1. The second-order valence-electron chi connectivity index (χ2n) is 8.31. The van der Waals surface area contributed by atoms with E-state index in [0.29, 0.717) is 31.0 Å². The second kappa shape index (κ2) is 8.13. The number of benzene rings is 1. The van der Waals surface area contributed by atoms with Crippen LogP contribution >= 0.6 is 0 Å². The first-order valence-corrected chi connectivity index (χ1v) is 10.8. The molecule has 162 valence electrons. The maximum absolute atomic E-state index is 14.2. The maximum Gasteiger partial charge on any atom is 0.348 e. The molecule has 1 amide bonds. The number of halogens is 1. The largest absolute Gasteiger partial charge is 0.360 e. The highest BCUT2D eigenvalue weighted by Crippen LogP contribution is 2.27. The van der Waals surface area contributed by atoms with Gasteiger partial charge in [-0.05, 0) is 50.2 Å². The summed E-state index contributed by atoms with van der Waals surface area (Å²) in [5.41, 5.74) is 1.18. The van der Waals surface area contributed by atoms with Crippen LogP contribution in [-0.4, -0.2) is 43.8 Å². The molecule has 5 rings (SSSR count). The van der Waals surface area contributed by atoms with Crippen LogP contribution in [0.3, 0.4) is 0 Å². The lowest BCUT2D eigenvalue weighted by Crippen LogP contribution is -2.39. The summed E-state index contributed by atoms with van der Waals surface area (Å²) in [6, 6.07) is 6.16. The molecular formula is C22H24FN5O3. The molecule has 0 unspecified atom stereocenters. The fraction of sp³-hybridized carbons (Fsp3) is 0.455. The highest BCUT2D eigenvalue weighted by Gasteiger charge is 2.30. The van der Waals surface area contributed by atoms with E-state index in [1.54, 1.807) is 18.2 Å². The van der Waals surface area contributed by atoms with Gasteiger partial charge >= 0.3 is 5.69 Å². The van der Waals surface area contributed by atoms with Gasteiger partial charge in [-0.25, -0.2) is 18.9 Å². The van der Waals surface area contributed by atoms with Gasteiger partial charge in [-0.2, -0.15) is 5.10 Å². The number of hydrogen-bond acceptors (Lipinski definition) is 5. The number of likely N-dealkylation sites (tertiary alicyclic amines) is 1. The van der Waals surface area contributed by atoms with Gasteiger partial charge in [0.2, 0.25) is 0 Å². The molecule has 1 N–H and O–H groups in total. The fourth-order valence-corrected chi connectivity index (χ4v) is 4.65. The van der Waals surface area contributed by atoms with E-state index in [1.165, 1.54) is 10.6 Å². The Balaban J connectivity index is 1.26. The van der Waals surface area contributed by atoms with Crippen LogP contribution in [0.2, 0.25) is 0 Å². The lowest BCUT2D eigenvalue weighted by molar-refractivity contribution is 0.0678. The summed E-state index contributed by atoms with van der Waals surface area (Å²) in [4.78, 5) is 27.0. The number of H-pyrrole nitrogens is 1. The quantitative estimate of drug-likeness (QED) is 0.693. The van der Waals surface area contributed by atoms with Gasteiger partial charge in [0.15, 0.2) is 5.69 Å². The molecule has 8 nitrogen and oxygen atoms in total. The van der Waals surface area contributed by atoms with Gasteiger partial charge in [0, 0.05) is 31.5 Å². The third-order valence-corrected chi connectivity index (χ3v) is 6.36. The van der Waals surface area contributed by atoms with E-state index in [-0.39, 0.29) is 17.5 Å². The van der Waals surface area contributed by atoms with E-state index < -0.39 is 11.5 Å². The first-order chi connectivity index (χ1) is 15.1. The summed E-state index contributed by atoms with van der Waals surface area (Å²) in [6.45, 7) is 1.22. The van der Waals surface area contributed by atoms with Crippen LogP contribution in [-0.2, 0) is 19.3 Å². The molecule has 2 aromatic heterocycles. The molecule has 0 saturated carbocycles. The predicted molar refractivity (Wildman–Crippen MR) is 110 cm³/mol. The van der Waals surface area contributed by atoms with E-state index in [2.05, 4.69) is 15.4 Å². The van der Waals surface area contributed by atoms with E-state index in [1.807, 2.05) is 4.90 Å². The number of carbonyl (C=O) groups excluding carboxylic acids is 1.